The van der Waals surface area contributed by atoms with Gasteiger partial charge in [0.1, 0.15) is 12.4 Å². The fraction of sp³-hybridized carbons (Fsp3) is 0.105. The van der Waals surface area contributed by atoms with Crippen LogP contribution in [0.1, 0.15) is 26.6 Å². The van der Waals surface area contributed by atoms with E-state index in [0.717, 1.165) is 22.0 Å². The van der Waals surface area contributed by atoms with Crippen LogP contribution in [0, 0.1) is 6.92 Å². The third-order valence-electron chi connectivity index (χ3n) is 3.43. The Morgan fingerprint density at radius 3 is 2.62 bits per heavy atom. The summed E-state index contributed by atoms with van der Waals surface area (Å²) in [6.07, 6.45) is 1.52. The fourth-order valence-corrected chi connectivity index (χ4v) is 2.80. The molecule has 7 heteroatoms. The minimum Gasteiger partial charge on any atom is -0.489 e. The van der Waals surface area contributed by atoms with Crippen LogP contribution in [0.2, 0.25) is 5.02 Å². The van der Waals surface area contributed by atoms with Crippen LogP contribution in [0.5, 0.6) is 5.75 Å². The molecule has 132 valence electrons. The summed E-state index contributed by atoms with van der Waals surface area (Å²) in [7, 11) is 0. The van der Waals surface area contributed by atoms with Crippen molar-refractivity contribution in [1.29, 1.82) is 0 Å². The Labute approximate surface area is 160 Å². The predicted molar refractivity (Wildman–Crippen MR) is 104 cm³/mol. The second kappa shape index (κ2) is 8.60. The maximum atomic E-state index is 12.1. The van der Waals surface area contributed by atoms with E-state index < -0.39 is 0 Å². The second-order valence-corrected chi connectivity index (χ2v) is 6.93. The van der Waals surface area contributed by atoms with Gasteiger partial charge in [0.05, 0.1) is 16.9 Å². The van der Waals surface area contributed by atoms with Gasteiger partial charge in [0.2, 0.25) is 0 Å². The van der Waals surface area contributed by atoms with Crippen LogP contribution >= 0.6 is 22.9 Å². The highest BCUT2D eigenvalue weighted by molar-refractivity contribution is 7.09. The van der Waals surface area contributed by atoms with Crippen molar-refractivity contribution in [3.63, 3.8) is 0 Å². The summed E-state index contributed by atoms with van der Waals surface area (Å²) in [6, 6.07) is 14.3. The third-order valence-corrected chi connectivity index (χ3v) is 4.48. The number of carbonyl (C=O) groups excluding carboxylic acids is 1. The molecule has 0 unspecified atom stereocenters. The topological polar surface area (TPSA) is 63.6 Å². The standard InChI is InChI=1S/C19H16ClN3O2S/c1-13-22-17(12-26-13)10-21-23-19(24)15-4-2-14(3-5-15)11-25-18-8-6-16(20)7-9-18/h2-10,12H,11H2,1H3,(H,23,24)/b21-10-. The zero-order chi connectivity index (χ0) is 18.4. The largest absolute Gasteiger partial charge is 0.489 e. The summed E-state index contributed by atoms with van der Waals surface area (Å²) in [5, 5.41) is 7.42. The first kappa shape index (κ1) is 18.1. The van der Waals surface area contributed by atoms with Gasteiger partial charge in [-0.1, -0.05) is 23.7 Å². The predicted octanol–water partition coefficient (Wildman–Crippen LogP) is 4.45. The average molecular weight is 386 g/mol. The van der Waals surface area contributed by atoms with Gasteiger partial charge in [-0.15, -0.1) is 11.3 Å². The first-order valence-corrected chi connectivity index (χ1v) is 9.09. The van der Waals surface area contributed by atoms with Gasteiger partial charge >= 0.3 is 0 Å². The smallest absolute Gasteiger partial charge is 0.271 e. The van der Waals surface area contributed by atoms with E-state index in [1.807, 2.05) is 36.6 Å². The van der Waals surface area contributed by atoms with Gasteiger partial charge in [-0.3, -0.25) is 4.79 Å². The minimum absolute atomic E-state index is 0.279. The van der Waals surface area contributed by atoms with Crippen molar-refractivity contribution in [2.45, 2.75) is 13.5 Å². The van der Waals surface area contributed by atoms with E-state index >= 15 is 0 Å². The number of thiazole rings is 1. The molecule has 26 heavy (non-hydrogen) atoms. The number of ether oxygens (including phenoxy) is 1. The molecule has 5 nitrogen and oxygen atoms in total. The molecule has 0 aliphatic carbocycles. The number of nitrogens with one attached hydrogen (secondary N) is 1. The maximum Gasteiger partial charge on any atom is 0.271 e. The Hall–Kier alpha value is -2.70. The van der Waals surface area contributed by atoms with E-state index in [9.17, 15) is 4.79 Å². The van der Waals surface area contributed by atoms with Crippen LogP contribution in [0.4, 0.5) is 0 Å². The van der Waals surface area contributed by atoms with Gasteiger partial charge in [-0.2, -0.15) is 5.10 Å². The number of aromatic nitrogens is 1. The van der Waals surface area contributed by atoms with Crippen molar-refractivity contribution >= 4 is 35.1 Å². The highest BCUT2D eigenvalue weighted by Gasteiger charge is 2.04. The van der Waals surface area contributed by atoms with E-state index in [4.69, 9.17) is 16.3 Å². The SMILES string of the molecule is Cc1nc(/C=N\NC(=O)c2ccc(COc3ccc(Cl)cc3)cc2)cs1. The number of benzene rings is 2. The fourth-order valence-electron chi connectivity index (χ4n) is 2.11. The molecule has 3 aromatic rings. The van der Waals surface area contributed by atoms with Crippen LogP contribution < -0.4 is 10.2 Å². The number of carbonyl (C=O) groups is 1. The summed E-state index contributed by atoms with van der Waals surface area (Å²) < 4.78 is 5.67. The first-order chi connectivity index (χ1) is 12.6. The molecule has 0 spiro atoms. The Kier molecular flexibility index (Phi) is 5.99. The van der Waals surface area contributed by atoms with Crippen molar-refractivity contribution < 1.29 is 9.53 Å². The lowest BCUT2D eigenvalue weighted by Crippen LogP contribution is -2.17. The maximum absolute atomic E-state index is 12.1. The zero-order valence-corrected chi connectivity index (χ0v) is 15.6. The van der Waals surface area contributed by atoms with Crippen LogP contribution in [0.3, 0.4) is 0 Å². The summed E-state index contributed by atoms with van der Waals surface area (Å²) in [5.74, 6) is 0.459. The Balaban J connectivity index is 1.52. The molecule has 0 radical (unpaired) electrons. The zero-order valence-electron chi connectivity index (χ0n) is 14.0. The number of aryl methyl sites for hydroxylation is 1. The minimum atomic E-state index is -0.279. The van der Waals surface area contributed by atoms with Crippen molar-refractivity contribution in [3.05, 3.63) is 80.8 Å². The molecule has 0 saturated heterocycles. The Morgan fingerprint density at radius 2 is 1.96 bits per heavy atom. The van der Waals surface area contributed by atoms with E-state index in [1.165, 1.54) is 17.6 Å². The lowest BCUT2D eigenvalue weighted by molar-refractivity contribution is 0.0955. The molecule has 1 amide bonds. The van der Waals surface area contributed by atoms with Crippen molar-refractivity contribution in [2.24, 2.45) is 5.10 Å². The Bertz CT molecular complexity index is 905. The third kappa shape index (κ3) is 5.15. The monoisotopic (exact) mass is 385 g/mol. The molecular weight excluding hydrogens is 370 g/mol. The quantitative estimate of drug-likeness (QED) is 0.503. The number of nitrogens with zero attached hydrogens (tertiary/aromatic N) is 2. The molecule has 1 N–H and O–H groups in total. The van der Waals surface area contributed by atoms with Crippen molar-refractivity contribution in [3.8, 4) is 5.75 Å². The van der Waals surface area contributed by atoms with Crippen molar-refractivity contribution in [1.82, 2.24) is 10.4 Å². The molecule has 0 bridgehead atoms. The lowest BCUT2D eigenvalue weighted by Gasteiger charge is -2.07. The number of amides is 1. The number of hydrazone groups is 1. The molecule has 2 aromatic carbocycles. The summed E-state index contributed by atoms with van der Waals surface area (Å²) in [4.78, 5) is 16.3. The normalized spacial score (nSPS) is 10.8. The molecule has 0 aliphatic rings. The van der Waals surface area contributed by atoms with Crippen LogP contribution in [0.15, 0.2) is 59.0 Å². The number of halogens is 1. The van der Waals surface area contributed by atoms with Crippen LogP contribution in [0.25, 0.3) is 0 Å². The molecule has 0 fully saturated rings. The summed E-state index contributed by atoms with van der Waals surface area (Å²) in [6.45, 7) is 2.32. The summed E-state index contributed by atoms with van der Waals surface area (Å²) in [5.41, 5.74) is 4.69. The second-order valence-electron chi connectivity index (χ2n) is 5.43. The van der Waals surface area contributed by atoms with Crippen LogP contribution in [-0.2, 0) is 6.61 Å². The molecule has 3 rings (SSSR count). The van der Waals surface area contributed by atoms with Gasteiger partial charge in [0.25, 0.3) is 5.91 Å². The van der Waals surface area contributed by atoms with Gasteiger partial charge in [0, 0.05) is 16.0 Å². The number of hydrogen-bond acceptors (Lipinski definition) is 5. The van der Waals surface area contributed by atoms with Gasteiger partial charge < -0.3 is 4.74 Å². The molecule has 0 atom stereocenters. The highest BCUT2D eigenvalue weighted by atomic mass is 35.5. The van der Waals surface area contributed by atoms with E-state index in [0.29, 0.717) is 17.2 Å². The molecule has 0 aliphatic heterocycles. The molecular formula is C19H16ClN3O2S. The number of hydrogen-bond donors (Lipinski definition) is 1. The average Bonchev–Trinajstić information content (AvgIpc) is 3.07. The Morgan fingerprint density at radius 1 is 1.23 bits per heavy atom. The highest BCUT2D eigenvalue weighted by Crippen LogP contribution is 2.17. The van der Waals surface area contributed by atoms with Crippen LogP contribution in [-0.4, -0.2) is 17.1 Å². The van der Waals surface area contributed by atoms with Gasteiger partial charge in [0.15, 0.2) is 0 Å². The van der Waals surface area contributed by atoms with E-state index in [-0.39, 0.29) is 5.91 Å². The molecule has 1 heterocycles. The molecule has 0 saturated carbocycles. The lowest BCUT2D eigenvalue weighted by atomic mass is 10.1. The van der Waals surface area contributed by atoms with Crippen molar-refractivity contribution in [2.75, 3.05) is 0 Å². The van der Waals surface area contributed by atoms with Gasteiger partial charge in [-0.05, 0) is 48.9 Å². The van der Waals surface area contributed by atoms with E-state index in [1.54, 1.807) is 24.3 Å². The summed E-state index contributed by atoms with van der Waals surface area (Å²) >= 11 is 7.37. The van der Waals surface area contributed by atoms with E-state index in [2.05, 4.69) is 15.5 Å². The van der Waals surface area contributed by atoms with Gasteiger partial charge in [-0.25, -0.2) is 10.4 Å². The first-order valence-electron chi connectivity index (χ1n) is 7.83. The molecule has 1 aromatic heterocycles. The number of rotatable bonds is 6.